The third-order valence-electron chi connectivity index (χ3n) is 2.02. The minimum Gasteiger partial charge on any atom is -0.611 e. The Kier molecular flexibility index (Phi) is 2.53. The van der Waals surface area contributed by atoms with Crippen molar-refractivity contribution in [2.45, 2.75) is 24.3 Å². The molecular weight excluding hydrogens is 264 g/mol. The topological polar surface area (TPSA) is 32.3 Å². The van der Waals surface area contributed by atoms with Crippen LogP contribution in [0.15, 0.2) is 27.6 Å². The molecule has 0 fully saturated rings. The monoisotopic (exact) mass is 274 g/mol. The van der Waals surface area contributed by atoms with Crippen LogP contribution in [-0.4, -0.2) is 15.9 Å². The van der Waals surface area contributed by atoms with Gasteiger partial charge in [0, 0.05) is 10.5 Å². The molecule has 1 atom stereocenters. The summed E-state index contributed by atoms with van der Waals surface area (Å²) in [5.74, 6) is 1.29. The summed E-state index contributed by atoms with van der Waals surface area (Å²) in [7, 11) is 0. The van der Waals surface area contributed by atoms with E-state index in [2.05, 4.69) is 15.9 Å². The maximum Gasteiger partial charge on any atom is 0.195 e. The lowest BCUT2D eigenvalue weighted by molar-refractivity contribution is 0.123. The SMILES string of the molecule is CC1(C)C[S+]([O-])c2cc(Br)ccc2O1. The lowest BCUT2D eigenvalue weighted by Gasteiger charge is -2.32. The first-order chi connectivity index (χ1) is 6.48. The van der Waals surface area contributed by atoms with Gasteiger partial charge in [-0.1, -0.05) is 15.9 Å². The number of hydrogen-bond donors (Lipinski definition) is 0. The van der Waals surface area contributed by atoms with Crippen LogP contribution in [0.2, 0.25) is 0 Å². The average Bonchev–Trinajstić information content (AvgIpc) is 2.05. The predicted octanol–water partition coefficient (Wildman–Crippen LogP) is 2.73. The van der Waals surface area contributed by atoms with Crippen LogP contribution in [0, 0.1) is 0 Å². The molecule has 2 rings (SSSR count). The van der Waals surface area contributed by atoms with Gasteiger partial charge in [0.05, 0.1) is 0 Å². The van der Waals surface area contributed by atoms with Crippen molar-refractivity contribution in [2.75, 3.05) is 5.75 Å². The first-order valence-electron chi connectivity index (χ1n) is 4.35. The second-order valence-electron chi connectivity index (χ2n) is 3.94. The van der Waals surface area contributed by atoms with Crippen molar-refractivity contribution in [1.82, 2.24) is 0 Å². The molecule has 0 saturated carbocycles. The third kappa shape index (κ3) is 1.92. The van der Waals surface area contributed by atoms with Gasteiger partial charge < -0.3 is 9.29 Å². The summed E-state index contributed by atoms with van der Waals surface area (Å²) >= 11 is 2.41. The average molecular weight is 275 g/mol. The highest BCUT2D eigenvalue weighted by Crippen LogP contribution is 2.36. The first-order valence-corrected chi connectivity index (χ1v) is 6.46. The van der Waals surface area contributed by atoms with Gasteiger partial charge in [-0.2, -0.15) is 0 Å². The molecule has 0 spiro atoms. The van der Waals surface area contributed by atoms with Crippen molar-refractivity contribution in [3.63, 3.8) is 0 Å². The van der Waals surface area contributed by atoms with Gasteiger partial charge in [0.25, 0.3) is 0 Å². The molecule has 4 heteroatoms. The molecule has 2 nitrogen and oxygen atoms in total. The molecule has 1 aromatic carbocycles. The minimum absolute atomic E-state index is 0.328. The summed E-state index contributed by atoms with van der Waals surface area (Å²) in [4.78, 5) is 0.790. The van der Waals surface area contributed by atoms with Crippen LogP contribution in [-0.2, 0) is 11.2 Å². The van der Waals surface area contributed by atoms with E-state index in [9.17, 15) is 4.55 Å². The number of benzene rings is 1. The molecule has 1 aliphatic heterocycles. The molecule has 0 aromatic heterocycles. The minimum atomic E-state index is -0.950. The molecule has 0 aliphatic carbocycles. The van der Waals surface area contributed by atoms with Crippen LogP contribution >= 0.6 is 15.9 Å². The molecule has 0 amide bonds. The van der Waals surface area contributed by atoms with E-state index in [1.807, 2.05) is 32.0 Å². The third-order valence-corrected chi connectivity index (χ3v) is 4.28. The molecule has 1 unspecified atom stereocenters. The molecule has 14 heavy (non-hydrogen) atoms. The van der Waals surface area contributed by atoms with Gasteiger partial charge in [-0.3, -0.25) is 0 Å². The van der Waals surface area contributed by atoms with Gasteiger partial charge in [0.15, 0.2) is 10.6 Å². The Balaban J connectivity index is 2.45. The standard InChI is InChI=1S/C10H11BrO2S/c1-10(2)6-14(12)9-5-7(11)3-4-8(9)13-10/h3-5H,6H2,1-2H3. The maximum absolute atomic E-state index is 11.9. The predicted molar refractivity (Wildman–Crippen MR) is 60.1 cm³/mol. The van der Waals surface area contributed by atoms with E-state index in [0.717, 1.165) is 15.1 Å². The number of ether oxygens (including phenoxy) is 1. The van der Waals surface area contributed by atoms with E-state index in [1.165, 1.54) is 0 Å². The zero-order valence-corrected chi connectivity index (χ0v) is 10.4. The summed E-state index contributed by atoms with van der Waals surface area (Å²) in [6.07, 6.45) is 0. The van der Waals surface area contributed by atoms with E-state index >= 15 is 0 Å². The number of rotatable bonds is 0. The smallest absolute Gasteiger partial charge is 0.195 e. The van der Waals surface area contributed by atoms with Gasteiger partial charge in [-0.15, -0.1) is 0 Å². The fraction of sp³-hybridized carbons (Fsp3) is 0.400. The van der Waals surface area contributed by atoms with Crippen LogP contribution in [0.5, 0.6) is 5.75 Å². The molecule has 0 saturated heterocycles. The quantitative estimate of drug-likeness (QED) is 0.682. The summed E-state index contributed by atoms with van der Waals surface area (Å²) in [5.41, 5.74) is -0.328. The Bertz CT molecular complexity index is 365. The van der Waals surface area contributed by atoms with Crippen molar-refractivity contribution in [2.24, 2.45) is 0 Å². The van der Waals surface area contributed by atoms with Crippen LogP contribution in [0.3, 0.4) is 0 Å². The largest absolute Gasteiger partial charge is 0.611 e. The molecular formula is C10H11BrO2S. The molecule has 0 bridgehead atoms. The summed E-state index contributed by atoms with van der Waals surface area (Å²) < 4.78 is 18.5. The van der Waals surface area contributed by atoms with Gasteiger partial charge in [-0.25, -0.2) is 0 Å². The van der Waals surface area contributed by atoms with Gasteiger partial charge in [0.2, 0.25) is 0 Å². The Morgan fingerprint density at radius 1 is 1.50 bits per heavy atom. The summed E-state index contributed by atoms with van der Waals surface area (Å²) in [6, 6.07) is 5.62. The fourth-order valence-corrected chi connectivity index (χ4v) is 3.42. The second-order valence-corrected chi connectivity index (χ2v) is 6.28. The van der Waals surface area contributed by atoms with Crippen LogP contribution in [0.4, 0.5) is 0 Å². The van der Waals surface area contributed by atoms with E-state index in [1.54, 1.807) is 0 Å². The summed E-state index contributed by atoms with van der Waals surface area (Å²) in [6.45, 7) is 3.91. The fourth-order valence-electron chi connectivity index (χ4n) is 1.46. The summed E-state index contributed by atoms with van der Waals surface area (Å²) in [5, 5.41) is 0. The van der Waals surface area contributed by atoms with Gasteiger partial charge in [0.1, 0.15) is 11.4 Å². The second kappa shape index (κ2) is 3.43. The van der Waals surface area contributed by atoms with Crippen molar-refractivity contribution in [3.05, 3.63) is 22.7 Å². The highest BCUT2D eigenvalue weighted by Gasteiger charge is 2.36. The Hall–Kier alpha value is -0.190. The van der Waals surface area contributed by atoms with Gasteiger partial charge in [-0.05, 0) is 37.2 Å². The molecule has 1 heterocycles. The maximum atomic E-state index is 11.9. The molecule has 76 valence electrons. The molecule has 0 radical (unpaired) electrons. The lowest BCUT2D eigenvalue weighted by atomic mass is 10.2. The van der Waals surface area contributed by atoms with E-state index < -0.39 is 11.2 Å². The number of fused-ring (bicyclic) bond motifs is 1. The van der Waals surface area contributed by atoms with Crippen LogP contribution < -0.4 is 4.74 Å². The molecule has 0 N–H and O–H groups in total. The van der Waals surface area contributed by atoms with Crippen molar-refractivity contribution >= 4 is 27.1 Å². The van der Waals surface area contributed by atoms with Crippen LogP contribution in [0.1, 0.15) is 13.8 Å². The number of hydrogen-bond acceptors (Lipinski definition) is 2. The normalized spacial score (nSPS) is 23.9. The van der Waals surface area contributed by atoms with E-state index in [-0.39, 0.29) is 5.60 Å². The molecule has 1 aromatic rings. The van der Waals surface area contributed by atoms with E-state index in [4.69, 9.17) is 4.74 Å². The highest BCUT2D eigenvalue weighted by molar-refractivity contribution is 9.10. The molecule has 1 aliphatic rings. The zero-order chi connectivity index (χ0) is 10.3. The Morgan fingerprint density at radius 2 is 2.21 bits per heavy atom. The van der Waals surface area contributed by atoms with Crippen molar-refractivity contribution < 1.29 is 9.29 Å². The Morgan fingerprint density at radius 3 is 2.93 bits per heavy atom. The van der Waals surface area contributed by atoms with Crippen molar-refractivity contribution in [1.29, 1.82) is 0 Å². The van der Waals surface area contributed by atoms with Gasteiger partial charge >= 0.3 is 0 Å². The number of halogens is 1. The van der Waals surface area contributed by atoms with Crippen molar-refractivity contribution in [3.8, 4) is 5.75 Å². The zero-order valence-electron chi connectivity index (χ0n) is 8.04. The highest BCUT2D eigenvalue weighted by atomic mass is 79.9. The van der Waals surface area contributed by atoms with Crippen LogP contribution in [0.25, 0.3) is 0 Å². The van der Waals surface area contributed by atoms with E-state index in [0.29, 0.717) is 5.75 Å². The Labute approximate surface area is 95.0 Å². The first kappa shape index (κ1) is 10.3. The lowest BCUT2D eigenvalue weighted by Crippen LogP contribution is -2.40.